The zero-order valence-electron chi connectivity index (χ0n) is 11.8. The average molecular weight is 272 g/mol. The van der Waals surface area contributed by atoms with Crippen molar-refractivity contribution >= 4 is 16.9 Å². The summed E-state index contributed by atoms with van der Waals surface area (Å²) < 4.78 is 7.20. The topological polar surface area (TPSA) is 57.2 Å². The SMILES string of the molecule is CCOC(=O)Cn1c2c(c3ccccc31)C[C@H](N)CC2. The number of carbonyl (C=O) groups is 1. The van der Waals surface area contributed by atoms with Crippen molar-refractivity contribution in [1.82, 2.24) is 4.57 Å². The van der Waals surface area contributed by atoms with E-state index >= 15 is 0 Å². The van der Waals surface area contributed by atoms with Crippen LogP contribution in [0.15, 0.2) is 24.3 Å². The minimum atomic E-state index is -0.175. The van der Waals surface area contributed by atoms with Crippen LogP contribution in [0.3, 0.4) is 0 Å². The Morgan fingerprint density at radius 2 is 2.25 bits per heavy atom. The Hall–Kier alpha value is -1.81. The van der Waals surface area contributed by atoms with Crippen LogP contribution in [0, 0.1) is 0 Å². The van der Waals surface area contributed by atoms with E-state index in [2.05, 4.69) is 16.7 Å². The molecule has 1 aromatic heterocycles. The lowest BCUT2D eigenvalue weighted by molar-refractivity contribution is -0.143. The summed E-state index contributed by atoms with van der Waals surface area (Å²) in [4.78, 5) is 11.8. The number of aromatic nitrogens is 1. The molecule has 0 aliphatic heterocycles. The molecule has 0 spiro atoms. The van der Waals surface area contributed by atoms with E-state index in [9.17, 15) is 4.79 Å². The molecule has 0 saturated heterocycles. The van der Waals surface area contributed by atoms with Crippen LogP contribution in [0.1, 0.15) is 24.6 Å². The van der Waals surface area contributed by atoms with E-state index in [1.807, 2.05) is 19.1 Å². The van der Waals surface area contributed by atoms with Gasteiger partial charge in [0.2, 0.25) is 0 Å². The van der Waals surface area contributed by atoms with Crippen LogP contribution in [0.4, 0.5) is 0 Å². The van der Waals surface area contributed by atoms with Crippen molar-refractivity contribution in [3.05, 3.63) is 35.5 Å². The summed E-state index contributed by atoms with van der Waals surface area (Å²) in [5.74, 6) is -0.175. The number of hydrogen-bond donors (Lipinski definition) is 1. The summed E-state index contributed by atoms with van der Waals surface area (Å²) in [6.07, 6.45) is 2.81. The summed E-state index contributed by atoms with van der Waals surface area (Å²) >= 11 is 0. The molecule has 0 saturated carbocycles. The molecule has 2 N–H and O–H groups in total. The van der Waals surface area contributed by atoms with Crippen LogP contribution < -0.4 is 5.73 Å². The van der Waals surface area contributed by atoms with Gasteiger partial charge in [-0.3, -0.25) is 4.79 Å². The Morgan fingerprint density at radius 1 is 1.45 bits per heavy atom. The zero-order chi connectivity index (χ0) is 14.1. The van der Waals surface area contributed by atoms with Gasteiger partial charge in [-0.05, 0) is 37.8 Å². The van der Waals surface area contributed by atoms with Crippen molar-refractivity contribution in [2.45, 2.75) is 38.8 Å². The number of hydrogen-bond acceptors (Lipinski definition) is 3. The molecule has 1 atom stereocenters. The zero-order valence-corrected chi connectivity index (χ0v) is 11.8. The van der Waals surface area contributed by atoms with Crippen LogP contribution in [-0.4, -0.2) is 23.2 Å². The van der Waals surface area contributed by atoms with Gasteiger partial charge in [-0.1, -0.05) is 18.2 Å². The summed E-state index contributed by atoms with van der Waals surface area (Å²) in [6, 6.07) is 8.46. The highest BCUT2D eigenvalue weighted by Gasteiger charge is 2.24. The van der Waals surface area contributed by atoms with Gasteiger partial charge in [0, 0.05) is 22.6 Å². The predicted octanol–water partition coefficient (Wildman–Crippen LogP) is 2.02. The molecule has 4 heteroatoms. The van der Waals surface area contributed by atoms with Gasteiger partial charge >= 0.3 is 5.97 Å². The first-order valence-electron chi connectivity index (χ1n) is 7.21. The van der Waals surface area contributed by atoms with Gasteiger partial charge in [0.25, 0.3) is 0 Å². The molecule has 1 heterocycles. The third-order valence-corrected chi connectivity index (χ3v) is 4.00. The first-order valence-corrected chi connectivity index (χ1v) is 7.21. The molecule has 0 radical (unpaired) electrons. The summed E-state index contributed by atoms with van der Waals surface area (Å²) in [5, 5.41) is 1.22. The maximum absolute atomic E-state index is 11.8. The van der Waals surface area contributed by atoms with Crippen LogP contribution in [0.25, 0.3) is 10.9 Å². The first kappa shape index (κ1) is 13.2. The number of ether oxygens (including phenoxy) is 1. The largest absolute Gasteiger partial charge is 0.465 e. The molecule has 106 valence electrons. The van der Waals surface area contributed by atoms with Crippen LogP contribution in [0.5, 0.6) is 0 Å². The molecule has 0 bridgehead atoms. The highest BCUT2D eigenvalue weighted by atomic mass is 16.5. The van der Waals surface area contributed by atoms with Crippen molar-refractivity contribution in [3.8, 4) is 0 Å². The highest BCUT2D eigenvalue weighted by Crippen LogP contribution is 2.31. The maximum atomic E-state index is 11.8. The number of nitrogens with zero attached hydrogens (tertiary/aromatic N) is 1. The predicted molar refractivity (Wildman–Crippen MR) is 78.6 cm³/mol. The van der Waals surface area contributed by atoms with E-state index in [1.165, 1.54) is 16.6 Å². The Kier molecular flexibility index (Phi) is 3.49. The van der Waals surface area contributed by atoms with Crippen molar-refractivity contribution in [3.63, 3.8) is 0 Å². The number of esters is 1. The molecule has 2 aromatic rings. The minimum absolute atomic E-state index is 0.175. The van der Waals surface area contributed by atoms with Crippen LogP contribution >= 0.6 is 0 Å². The highest BCUT2D eigenvalue weighted by molar-refractivity contribution is 5.87. The minimum Gasteiger partial charge on any atom is -0.465 e. The van der Waals surface area contributed by atoms with E-state index in [0.717, 1.165) is 24.8 Å². The standard InChI is InChI=1S/C16H20N2O2/c1-2-20-16(19)10-18-14-6-4-3-5-12(14)13-9-11(17)7-8-15(13)18/h3-6,11H,2,7-10,17H2,1H3/t11-/m1/s1. The summed E-state index contributed by atoms with van der Waals surface area (Å²) in [6.45, 7) is 2.55. The Balaban J connectivity index is 2.09. The Bertz CT molecular complexity index is 645. The third-order valence-electron chi connectivity index (χ3n) is 4.00. The monoisotopic (exact) mass is 272 g/mol. The van der Waals surface area contributed by atoms with Crippen molar-refractivity contribution < 1.29 is 9.53 Å². The van der Waals surface area contributed by atoms with Gasteiger partial charge in [-0.25, -0.2) is 0 Å². The van der Waals surface area contributed by atoms with E-state index in [0.29, 0.717) is 13.2 Å². The lowest BCUT2D eigenvalue weighted by Gasteiger charge is -2.20. The number of nitrogens with two attached hydrogens (primary N) is 1. The number of benzene rings is 1. The maximum Gasteiger partial charge on any atom is 0.325 e. The van der Waals surface area contributed by atoms with E-state index in [4.69, 9.17) is 10.5 Å². The van der Waals surface area contributed by atoms with Crippen molar-refractivity contribution in [1.29, 1.82) is 0 Å². The molecule has 0 unspecified atom stereocenters. The second kappa shape index (κ2) is 5.29. The molecule has 4 nitrogen and oxygen atoms in total. The third kappa shape index (κ3) is 2.20. The summed E-state index contributed by atoms with van der Waals surface area (Å²) in [5.41, 5.74) is 9.77. The van der Waals surface area contributed by atoms with E-state index in [1.54, 1.807) is 0 Å². The van der Waals surface area contributed by atoms with Crippen molar-refractivity contribution in [2.75, 3.05) is 6.61 Å². The fourth-order valence-corrected chi connectivity index (χ4v) is 3.14. The number of fused-ring (bicyclic) bond motifs is 3. The molecule has 3 rings (SSSR count). The fraction of sp³-hybridized carbons (Fsp3) is 0.438. The van der Waals surface area contributed by atoms with Gasteiger partial charge in [0.15, 0.2) is 0 Å². The lowest BCUT2D eigenvalue weighted by Crippen LogP contribution is -2.28. The molecule has 0 amide bonds. The second-order valence-corrected chi connectivity index (χ2v) is 5.34. The molecular weight excluding hydrogens is 252 g/mol. The van der Waals surface area contributed by atoms with E-state index in [-0.39, 0.29) is 12.0 Å². The van der Waals surface area contributed by atoms with Crippen molar-refractivity contribution in [2.24, 2.45) is 5.73 Å². The van der Waals surface area contributed by atoms with Crippen LogP contribution in [-0.2, 0) is 28.9 Å². The average Bonchev–Trinajstić information content (AvgIpc) is 2.74. The Morgan fingerprint density at radius 3 is 3.05 bits per heavy atom. The molecule has 0 fully saturated rings. The second-order valence-electron chi connectivity index (χ2n) is 5.34. The number of rotatable bonds is 3. The summed E-state index contributed by atoms with van der Waals surface area (Å²) in [7, 11) is 0. The Labute approximate surface area is 118 Å². The normalized spacial score (nSPS) is 18.0. The number of para-hydroxylation sites is 1. The van der Waals surface area contributed by atoms with Crippen LogP contribution in [0.2, 0.25) is 0 Å². The van der Waals surface area contributed by atoms with Gasteiger partial charge in [-0.2, -0.15) is 0 Å². The molecule has 20 heavy (non-hydrogen) atoms. The molecular formula is C16H20N2O2. The fourth-order valence-electron chi connectivity index (χ4n) is 3.14. The van der Waals surface area contributed by atoms with Gasteiger partial charge in [-0.15, -0.1) is 0 Å². The van der Waals surface area contributed by atoms with Gasteiger partial charge in [0.1, 0.15) is 6.54 Å². The molecule has 1 aliphatic rings. The lowest BCUT2D eigenvalue weighted by atomic mass is 9.92. The number of carbonyl (C=O) groups excluding carboxylic acids is 1. The van der Waals surface area contributed by atoms with Gasteiger partial charge in [0.05, 0.1) is 6.61 Å². The first-order chi connectivity index (χ1) is 9.70. The molecule has 1 aliphatic carbocycles. The van der Waals surface area contributed by atoms with E-state index < -0.39 is 0 Å². The smallest absolute Gasteiger partial charge is 0.325 e. The van der Waals surface area contributed by atoms with Gasteiger partial charge < -0.3 is 15.0 Å². The molecule has 1 aromatic carbocycles. The quantitative estimate of drug-likeness (QED) is 0.870.